The second-order valence-corrected chi connectivity index (χ2v) is 5.63. The normalized spacial score (nSPS) is 19.5. The lowest BCUT2D eigenvalue weighted by Crippen LogP contribution is -2.26. The fourth-order valence-electron chi connectivity index (χ4n) is 2.99. The van der Waals surface area contributed by atoms with E-state index >= 15 is 0 Å². The summed E-state index contributed by atoms with van der Waals surface area (Å²) in [6.45, 7) is 0. The molecule has 0 aliphatic heterocycles. The summed E-state index contributed by atoms with van der Waals surface area (Å²) >= 11 is 0. The highest BCUT2D eigenvalue weighted by atomic mass is 15.3. The van der Waals surface area contributed by atoms with Gasteiger partial charge in [-0.2, -0.15) is 5.10 Å². The van der Waals surface area contributed by atoms with Crippen LogP contribution in [0.25, 0.3) is 5.57 Å². The third-order valence-electron chi connectivity index (χ3n) is 4.14. The number of nitrogens with one attached hydrogen (secondary N) is 1. The molecule has 2 heteroatoms. The molecule has 0 amide bonds. The summed E-state index contributed by atoms with van der Waals surface area (Å²) in [6.07, 6.45) is 16.1. The predicted octanol–water partition coefficient (Wildman–Crippen LogP) is 4.29. The van der Waals surface area contributed by atoms with Crippen molar-refractivity contribution in [3.05, 3.63) is 53.6 Å². The summed E-state index contributed by atoms with van der Waals surface area (Å²) < 4.78 is 0. The lowest BCUT2D eigenvalue weighted by Gasteiger charge is -2.20. The molecule has 104 valence electrons. The number of hydrazone groups is 1. The van der Waals surface area contributed by atoms with Gasteiger partial charge in [-0.05, 0) is 30.4 Å². The van der Waals surface area contributed by atoms with Crippen LogP contribution in [-0.2, 0) is 0 Å². The molecule has 0 atom stereocenters. The maximum Gasteiger partial charge on any atom is 0.0546 e. The molecule has 1 saturated carbocycles. The van der Waals surface area contributed by atoms with Crippen LogP contribution in [0.4, 0.5) is 0 Å². The van der Waals surface area contributed by atoms with E-state index in [9.17, 15) is 0 Å². The fraction of sp³-hybridized carbons (Fsp3) is 0.389. The van der Waals surface area contributed by atoms with E-state index in [-0.39, 0.29) is 0 Å². The van der Waals surface area contributed by atoms with Gasteiger partial charge >= 0.3 is 0 Å². The van der Waals surface area contributed by atoms with Gasteiger partial charge in [0.25, 0.3) is 0 Å². The Morgan fingerprint density at radius 1 is 1.10 bits per heavy atom. The first-order valence-corrected chi connectivity index (χ1v) is 7.67. The molecule has 1 N–H and O–H groups in total. The first kappa shape index (κ1) is 13.2. The van der Waals surface area contributed by atoms with Crippen molar-refractivity contribution in [1.29, 1.82) is 0 Å². The number of rotatable bonds is 4. The molecule has 0 bridgehead atoms. The van der Waals surface area contributed by atoms with Crippen LogP contribution >= 0.6 is 0 Å². The topological polar surface area (TPSA) is 24.4 Å². The molecular weight excluding hydrogens is 244 g/mol. The third-order valence-corrected chi connectivity index (χ3v) is 4.14. The van der Waals surface area contributed by atoms with Crippen LogP contribution in [0.3, 0.4) is 0 Å². The van der Waals surface area contributed by atoms with E-state index < -0.39 is 0 Å². The third kappa shape index (κ3) is 3.19. The van der Waals surface area contributed by atoms with Crippen LogP contribution < -0.4 is 5.43 Å². The molecule has 2 aliphatic carbocycles. The van der Waals surface area contributed by atoms with Gasteiger partial charge in [0.2, 0.25) is 0 Å². The van der Waals surface area contributed by atoms with Crippen molar-refractivity contribution < 1.29 is 0 Å². The molecular formula is C18H22N2. The van der Waals surface area contributed by atoms with Gasteiger partial charge in [0, 0.05) is 11.6 Å². The molecule has 0 spiro atoms. The smallest absolute Gasteiger partial charge is 0.0546 e. The van der Waals surface area contributed by atoms with E-state index in [0.29, 0.717) is 6.04 Å². The predicted molar refractivity (Wildman–Crippen MR) is 85.8 cm³/mol. The molecule has 0 unspecified atom stereocenters. The molecule has 0 heterocycles. The largest absolute Gasteiger partial charge is 0.307 e. The van der Waals surface area contributed by atoms with Gasteiger partial charge in [0.15, 0.2) is 0 Å². The summed E-state index contributed by atoms with van der Waals surface area (Å²) in [4.78, 5) is 0. The SMILES string of the molecule is C1=CCC(c2ccccc2/C=N/NC2CCCCC2)=C1. The first-order valence-electron chi connectivity index (χ1n) is 7.67. The van der Waals surface area contributed by atoms with E-state index in [0.717, 1.165) is 6.42 Å². The molecule has 2 nitrogen and oxygen atoms in total. The van der Waals surface area contributed by atoms with Gasteiger partial charge in [-0.25, -0.2) is 0 Å². The quantitative estimate of drug-likeness (QED) is 0.638. The van der Waals surface area contributed by atoms with Crippen LogP contribution in [0, 0.1) is 0 Å². The van der Waals surface area contributed by atoms with Crippen LogP contribution in [-0.4, -0.2) is 12.3 Å². The molecule has 0 radical (unpaired) electrons. The zero-order chi connectivity index (χ0) is 13.6. The minimum atomic E-state index is 0.569. The second kappa shape index (κ2) is 6.56. The van der Waals surface area contributed by atoms with Crippen molar-refractivity contribution in [3.63, 3.8) is 0 Å². The molecule has 0 saturated heterocycles. The van der Waals surface area contributed by atoms with Crippen LogP contribution in [0.5, 0.6) is 0 Å². The lowest BCUT2D eigenvalue weighted by molar-refractivity contribution is 0.381. The maximum absolute atomic E-state index is 4.47. The minimum absolute atomic E-state index is 0.569. The van der Waals surface area contributed by atoms with Gasteiger partial charge in [-0.3, -0.25) is 0 Å². The highest BCUT2D eigenvalue weighted by Crippen LogP contribution is 2.25. The highest BCUT2D eigenvalue weighted by Gasteiger charge is 2.11. The zero-order valence-corrected chi connectivity index (χ0v) is 11.9. The summed E-state index contributed by atoms with van der Waals surface area (Å²) in [5.41, 5.74) is 7.20. The Bertz CT molecular complexity index is 534. The van der Waals surface area contributed by atoms with Gasteiger partial charge < -0.3 is 5.43 Å². The molecule has 0 aromatic heterocycles. The fourth-order valence-corrected chi connectivity index (χ4v) is 2.99. The van der Waals surface area contributed by atoms with E-state index in [2.05, 4.69) is 53.0 Å². The first-order chi connectivity index (χ1) is 9.93. The van der Waals surface area contributed by atoms with Crippen LogP contribution in [0.15, 0.2) is 47.6 Å². The molecule has 1 fully saturated rings. The average Bonchev–Trinajstić information content (AvgIpc) is 3.03. The van der Waals surface area contributed by atoms with Crippen molar-refractivity contribution in [1.82, 2.24) is 5.43 Å². The van der Waals surface area contributed by atoms with Crippen molar-refractivity contribution in [2.75, 3.05) is 0 Å². The van der Waals surface area contributed by atoms with Crippen molar-refractivity contribution in [3.8, 4) is 0 Å². The number of hydrogen-bond donors (Lipinski definition) is 1. The Morgan fingerprint density at radius 2 is 1.95 bits per heavy atom. The number of hydrogen-bond acceptors (Lipinski definition) is 2. The summed E-state index contributed by atoms with van der Waals surface area (Å²) in [5.74, 6) is 0. The maximum atomic E-state index is 4.47. The number of benzene rings is 1. The van der Waals surface area contributed by atoms with Crippen molar-refractivity contribution in [2.24, 2.45) is 5.10 Å². The molecule has 20 heavy (non-hydrogen) atoms. The Labute approximate surface area is 121 Å². The highest BCUT2D eigenvalue weighted by molar-refractivity contribution is 5.89. The zero-order valence-electron chi connectivity index (χ0n) is 11.9. The monoisotopic (exact) mass is 266 g/mol. The Kier molecular flexibility index (Phi) is 4.32. The summed E-state index contributed by atoms with van der Waals surface area (Å²) in [7, 11) is 0. The van der Waals surface area contributed by atoms with Gasteiger partial charge in [0.05, 0.1) is 6.21 Å². The Morgan fingerprint density at radius 3 is 2.75 bits per heavy atom. The van der Waals surface area contributed by atoms with E-state index in [4.69, 9.17) is 0 Å². The van der Waals surface area contributed by atoms with E-state index in [1.165, 1.54) is 48.8 Å². The van der Waals surface area contributed by atoms with Crippen molar-refractivity contribution in [2.45, 2.75) is 44.6 Å². The summed E-state index contributed by atoms with van der Waals surface area (Å²) in [6, 6.07) is 9.07. The molecule has 1 aromatic carbocycles. The Hall–Kier alpha value is -1.83. The van der Waals surface area contributed by atoms with E-state index in [1.807, 2.05) is 6.21 Å². The van der Waals surface area contributed by atoms with Gasteiger partial charge in [-0.15, -0.1) is 0 Å². The molecule has 1 aromatic rings. The standard InChI is InChI=1S/C18H22N2/c1-2-11-17(12-3-1)20-19-14-16-10-6-7-13-18(16)15-8-4-5-9-15/h4-8,10,13-14,17,20H,1-3,9,11-12H2/b19-14+. The lowest BCUT2D eigenvalue weighted by atomic mass is 9.96. The second-order valence-electron chi connectivity index (χ2n) is 5.63. The summed E-state index contributed by atoms with van der Waals surface area (Å²) in [5, 5.41) is 4.47. The minimum Gasteiger partial charge on any atom is -0.307 e. The number of allylic oxidation sites excluding steroid dienone is 4. The van der Waals surface area contributed by atoms with Gasteiger partial charge in [-0.1, -0.05) is 61.8 Å². The van der Waals surface area contributed by atoms with E-state index in [1.54, 1.807) is 0 Å². The van der Waals surface area contributed by atoms with Crippen LogP contribution in [0.1, 0.15) is 49.7 Å². The van der Waals surface area contributed by atoms with Crippen molar-refractivity contribution >= 4 is 11.8 Å². The molecule has 2 aliphatic rings. The average molecular weight is 266 g/mol. The van der Waals surface area contributed by atoms with Crippen LogP contribution in [0.2, 0.25) is 0 Å². The number of nitrogens with zero attached hydrogens (tertiary/aromatic N) is 1. The van der Waals surface area contributed by atoms with Gasteiger partial charge in [0.1, 0.15) is 0 Å². The molecule has 3 rings (SSSR count). The Balaban J connectivity index is 1.67.